The molecule has 0 amide bonds. The molecule has 0 unspecified atom stereocenters. The van der Waals surface area contributed by atoms with Crippen LogP contribution < -0.4 is 5.32 Å². The van der Waals surface area contributed by atoms with E-state index in [1.54, 1.807) is 12.1 Å². The first-order valence-electron chi connectivity index (χ1n) is 5.64. The van der Waals surface area contributed by atoms with E-state index in [1.807, 2.05) is 13.1 Å². The van der Waals surface area contributed by atoms with Crippen molar-refractivity contribution in [2.24, 2.45) is 0 Å². The molecule has 1 aromatic heterocycles. The fourth-order valence-electron chi connectivity index (χ4n) is 1.69. The number of nitrogens with zero attached hydrogens (tertiary/aromatic N) is 1. The van der Waals surface area contributed by atoms with Crippen molar-refractivity contribution in [2.45, 2.75) is 26.4 Å². The molecule has 2 aromatic rings. The zero-order valence-corrected chi connectivity index (χ0v) is 10.00. The van der Waals surface area contributed by atoms with E-state index >= 15 is 0 Å². The van der Waals surface area contributed by atoms with Gasteiger partial charge in [-0.15, -0.1) is 0 Å². The minimum atomic E-state index is -0.202. The van der Waals surface area contributed by atoms with Crippen molar-refractivity contribution in [1.82, 2.24) is 15.5 Å². The third-order valence-electron chi connectivity index (χ3n) is 2.90. The Labute approximate surface area is 100 Å². The zero-order valence-electron chi connectivity index (χ0n) is 10.00. The second kappa shape index (κ2) is 5.10. The van der Waals surface area contributed by atoms with Crippen LogP contribution in [0.25, 0.3) is 0 Å². The van der Waals surface area contributed by atoms with Crippen LogP contribution in [0.4, 0.5) is 4.39 Å². The van der Waals surface area contributed by atoms with Gasteiger partial charge in [-0.1, -0.05) is 12.1 Å². The second-order valence-corrected chi connectivity index (χ2v) is 4.17. The first-order valence-corrected chi connectivity index (χ1v) is 5.64. The van der Waals surface area contributed by atoms with Gasteiger partial charge in [0.1, 0.15) is 5.82 Å². The van der Waals surface area contributed by atoms with E-state index < -0.39 is 0 Å². The van der Waals surface area contributed by atoms with Crippen molar-refractivity contribution in [3.8, 4) is 0 Å². The number of aromatic nitrogens is 2. The van der Waals surface area contributed by atoms with Crippen LogP contribution in [0.5, 0.6) is 0 Å². The number of nitrogens with one attached hydrogen (secondary N) is 2. The monoisotopic (exact) mass is 233 g/mol. The normalized spacial score (nSPS) is 12.6. The summed E-state index contributed by atoms with van der Waals surface area (Å²) in [6.45, 7) is 4.80. The van der Waals surface area contributed by atoms with Gasteiger partial charge in [0.2, 0.25) is 0 Å². The molecule has 2 N–H and O–H groups in total. The molecule has 90 valence electrons. The van der Waals surface area contributed by atoms with Crippen LogP contribution in [0.1, 0.15) is 29.8 Å². The number of benzene rings is 1. The Morgan fingerprint density at radius 2 is 2.06 bits per heavy atom. The average molecular weight is 233 g/mol. The summed E-state index contributed by atoms with van der Waals surface area (Å²) in [4.78, 5) is 0. The number of hydrogen-bond donors (Lipinski definition) is 2. The molecule has 2 rings (SSSR count). The van der Waals surface area contributed by atoms with Crippen LogP contribution in [-0.4, -0.2) is 10.2 Å². The second-order valence-electron chi connectivity index (χ2n) is 4.17. The molecule has 4 heteroatoms. The molecule has 3 nitrogen and oxygen atoms in total. The highest BCUT2D eigenvalue weighted by Gasteiger charge is 2.06. The van der Waals surface area contributed by atoms with Crippen LogP contribution in [-0.2, 0) is 6.54 Å². The van der Waals surface area contributed by atoms with Crippen molar-refractivity contribution in [1.29, 1.82) is 0 Å². The molecule has 0 spiro atoms. The van der Waals surface area contributed by atoms with E-state index in [2.05, 4.69) is 22.4 Å². The Bertz CT molecular complexity index is 476. The van der Waals surface area contributed by atoms with Crippen LogP contribution >= 0.6 is 0 Å². The molecule has 0 aliphatic carbocycles. The molecule has 0 saturated carbocycles. The Hall–Kier alpha value is -1.68. The van der Waals surface area contributed by atoms with E-state index in [4.69, 9.17) is 0 Å². The number of halogens is 1. The minimum Gasteiger partial charge on any atom is -0.306 e. The molecular formula is C13H16FN3. The molecule has 1 heterocycles. The molecule has 1 atom stereocenters. The van der Waals surface area contributed by atoms with E-state index in [0.717, 1.165) is 23.4 Å². The van der Waals surface area contributed by atoms with Crippen LogP contribution in [0.2, 0.25) is 0 Å². The first kappa shape index (κ1) is 11.8. The summed E-state index contributed by atoms with van der Waals surface area (Å²) < 4.78 is 12.8. The van der Waals surface area contributed by atoms with Gasteiger partial charge in [0.05, 0.1) is 6.20 Å². The summed E-state index contributed by atoms with van der Waals surface area (Å²) in [7, 11) is 0. The molecular weight excluding hydrogens is 217 g/mol. The van der Waals surface area contributed by atoms with Crippen molar-refractivity contribution < 1.29 is 4.39 Å². The quantitative estimate of drug-likeness (QED) is 0.852. The molecule has 0 radical (unpaired) electrons. The number of rotatable bonds is 4. The van der Waals surface area contributed by atoms with E-state index in [0.29, 0.717) is 0 Å². The lowest BCUT2D eigenvalue weighted by Gasteiger charge is -2.13. The lowest BCUT2D eigenvalue weighted by atomic mass is 10.1. The van der Waals surface area contributed by atoms with Crippen LogP contribution in [0, 0.1) is 12.7 Å². The number of aromatic amines is 1. The Morgan fingerprint density at radius 3 is 2.65 bits per heavy atom. The third kappa shape index (κ3) is 2.91. The highest BCUT2D eigenvalue weighted by molar-refractivity contribution is 5.20. The molecule has 0 bridgehead atoms. The standard InChI is InChI=1S/C13H16FN3/c1-9(11-3-5-13(14)6-4-11)15-7-12-8-16-17-10(12)2/h3-6,8-9,15H,7H2,1-2H3,(H,16,17)/t9-/m0/s1. The zero-order chi connectivity index (χ0) is 12.3. The number of aryl methyl sites for hydroxylation is 1. The molecule has 17 heavy (non-hydrogen) atoms. The van der Waals surface area contributed by atoms with Crippen LogP contribution in [0.15, 0.2) is 30.5 Å². The van der Waals surface area contributed by atoms with E-state index in [1.165, 1.54) is 12.1 Å². The van der Waals surface area contributed by atoms with E-state index in [-0.39, 0.29) is 11.9 Å². The summed E-state index contributed by atoms with van der Waals surface area (Å²) in [5, 5.41) is 10.2. The Morgan fingerprint density at radius 1 is 1.35 bits per heavy atom. The topological polar surface area (TPSA) is 40.7 Å². The number of hydrogen-bond acceptors (Lipinski definition) is 2. The molecule has 0 aliphatic rings. The summed E-state index contributed by atoms with van der Waals surface area (Å²) >= 11 is 0. The highest BCUT2D eigenvalue weighted by Crippen LogP contribution is 2.14. The minimum absolute atomic E-state index is 0.185. The highest BCUT2D eigenvalue weighted by atomic mass is 19.1. The fraction of sp³-hybridized carbons (Fsp3) is 0.308. The Kier molecular flexibility index (Phi) is 3.54. The van der Waals surface area contributed by atoms with E-state index in [9.17, 15) is 4.39 Å². The van der Waals surface area contributed by atoms with Gasteiger partial charge in [0.25, 0.3) is 0 Å². The maximum Gasteiger partial charge on any atom is 0.123 e. The Balaban J connectivity index is 1.95. The van der Waals surface area contributed by atoms with Crippen molar-refractivity contribution >= 4 is 0 Å². The van der Waals surface area contributed by atoms with Gasteiger partial charge < -0.3 is 5.32 Å². The fourth-order valence-corrected chi connectivity index (χ4v) is 1.69. The van der Waals surface area contributed by atoms with Crippen molar-refractivity contribution in [3.05, 3.63) is 53.1 Å². The van der Waals surface area contributed by atoms with Gasteiger partial charge in [-0.25, -0.2) is 4.39 Å². The SMILES string of the molecule is Cc1[nH]ncc1CN[C@@H](C)c1ccc(F)cc1. The van der Waals surface area contributed by atoms with Gasteiger partial charge in [-0.05, 0) is 31.5 Å². The summed E-state index contributed by atoms with van der Waals surface area (Å²) in [6.07, 6.45) is 1.82. The lowest BCUT2D eigenvalue weighted by Crippen LogP contribution is -2.18. The molecule has 0 fully saturated rings. The summed E-state index contributed by atoms with van der Waals surface area (Å²) in [6, 6.07) is 6.75. The first-order chi connectivity index (χ1) is 8.16. The summed E-state index contributed by atoms with van der Waals surface area (Å²) in [5.74, 6) is -0.202. The van der Waals surface area contributed by atoms with Gasteiger partial charge >= 0.3 is 0 Å². The summed E-state index contributed by atoms with van der Waals surface area (Å²) in [5.41, 5.74) is 3.30. The third-order valence-corrected chi connectivity index (χ3v) is 2.90. The maximum atomic E-state index is 12.8. The maximum absolute atomic E-state index is 12.8. The van der Waals surface area contributed by atoms with Gasteiger partial charge in [0, 0.05) is 23.8 Å². The smallest absolute Gasteiger partial charge is 0.123 e. The van der Waals surface area contributed by atoms with Gasteiger partial charge in [-0.3, -0.25) is 5.10 Å². The molecule has 0 aliphatic heterocycles. The lowest BCUT2D eigenvalue weighted by molar-refractivity contribution is 0.570. The van der Waals surface area contributed by atoms with Crippen molar-refractivity contribution in [3.63, 3.8) is 0 Å². The molecule has 1 aromatic carbocycles. The average Bonchev–Trinajstić information content (AvgIpc) is 2.73. The van der Waals surface area contributed by atoms with Gasteiger partial charge in [-0.2, -0.15) is 5.10 Å². The largest absolute Gasteiger partial charge is 0.306 e. The van der Waals surface area contributed by atoms with Crippen LogP contribution in [0.3, 0.4) is 0 Å². The van der Waals surface area contributed by atoms with Crippen molar-refractivity contribution in [2.75, 3.05) is 0 Å². The predicted octanol–water partition coefficient (Wildman–Crippen LogP) is 2.71. The predicted molar refractivity (Wildman–Crippen MR) is 65.0 cm³/mol. The molecule has 0 saturated heterocycles. The number of H-pyrrole nitrogens is 1. The van der Waals surface area contributed by atoms with Gasteiger partial charge in [0.15, 0.2) is 0 Å².